The predicted molar refractivity (Wildman–Crippen MR) is 70.1 cm³/mol. The molecule has 1 aromatic heterocycles. The monoisotopic (exact) mass is 233 g/mol. The number of benzene rings is 1. The molecule has 0 saturated carbocycles. The lowest BCUT2D eigenvalue weighted by atomic mass is 10.2. The van der Waals surface area contributed by atoms with Gasteiger partial charge in [0.1, 0.15) is 0 Å². The smallest absolute Gasteiger partial charge is 0.186 e. The molecule has 3 rings (SSSR count). The molecule has 1 unspecified atom stereocenters. The number of fused-ring (bicyclic) bond motifs is 1. The van der Waals surface area contributed by atoms with E-state index in [2.05, 4.69) is 16.8 Å². The summed E-state index contributed by atoms with van der Waals surface area (Å²) in [4.78, 5) is 7.08. The van der Waals surface area contributed by atoms with Crippen molar-refractivity contribution in [2.24, 2.45) is 0 Å². The Kier molecular flexibility index (Phi) is 2.24. The fourth-order valence-electron chi connectivity index (χ4n) is 2.27. The van der Waals surface area contributed by atoms with Gasteiger partial charge in [0.2, 0.25) is 0 Å². The standard InChI is InChI=1S/C12H15N3S/c1-8-3-2-6-15(8)12-14-10-5-4-9(13)7-11(10)16-12/h4-5,7-8H,2-3,6,13H2,1H3. The zero-order chi connectivity index (χ0) is 11.1. The summed E-state index contributed by atoms with van der Waals surface area (Å²) in [6.07, 6.45) is 2.55. The van der Waals surface area contributed by atoms with Gasteiger partial charge in [-0.25, -0.2) is 4.98 Å². The van der Waals surface area contributed by atoms with E-state index in [0.717, 1.165) is 22.9 Å². The second-order valence-electron chi connectivity index (χ2n) is 4.41. The highest BCUT2D eigenvalue weighted by Gasteiger charge is 2.23. The molecule has 3 nitrogen and oxygen atoms in total. The molecule has 84 valence electrons. The Hall–Kier alpha value is -1.29. The maximum atomic E-state index is 5.78. The molecule has 0 bridgehead atoms. The zero-order valence-corrected chi connectivity index (χ0v) is 10.1. The molecule has 16 heavy (non-hydrogen) atoms. The first-order valence-electron chi connectivity index (χ1n) is 5.67. The molecule has 1 saturated heterocycles. The van der Waals surface area contributed by atoms with E-state index in [1.54, 1.807) is 11.3 Å². The number of thiazole rings is 1. The molecule has 1 aromatic carbocycles. The van der Waals surface area contributed by atoms with Crippen LogP contribution in [0.1, 0.15) is 19.8 Å². The van der Waals surface area contributed by atoms with Gasteiger partial charge in [-0.15, -0.1) is 0 Å². The molecule has 4 heteroatoms. The van der Waals surface area contributed by atoms with Crippen molar-refractivity contribution in [2.75, 3.05) is 17.2 Å². The van der Waals surface area contributed by atoms with Crippen molar-refractivity contribution in [3.8, 4) is 0 Å². The lowest BCUT2D eigenvalue weighted by Crippen LogP contribution is -2.25. The number of aromatic nitrogens is 1. The largest absolute Gasteiger partial charge is 0.399 e. The van der Waals surface area contributed by atoms with Crippen molar-refractivity contribution in [3.63, 3.8) is 0 Å². The second-order valence-corrected chi connectivity index (χ2v) is 5.42. The van der Waals surface area contributed by atoms with Crippen molar-refractivity contribution in [3.05, 3.63) is 18.2 Å². The van der Waals surface area contributed by atoms with Crippen LogP contribution >= 0.6 is 11.3 Å². The number of anilines is 2. The summed E-state index contributed by atoms with van der Waals surface area (Å²) < 4.78 is 1.19. The van der Waals surface area contributed by atoms with Gasteiger partial charge in [0.25, 0.3) is 0 Å². The molecule has 1 atom stereocenters. The van der Waals surface area contributed by atoms with Gasteiger partial charge in [-0.3, -0.25) is 0 Å². The maximum Gasteiger partial charge on any atom is 0.186 e. The summed E-state index contributed by atoms with van der Waals surface area (Å²) in [6.45, 7) is 3.41. The summed E-state index contributed by atoms with van der Waals surface area (Å²) in [5, 5.41) is 1.14. The molecule has 2 aromatic rings. The number of hydrogen-bond donors (Lipinski definition) is 1. The molecule has 0 radical (unpaired) electrons. The highest BCUT2D eigenvalue weighted by molar-refractivity contribution is 7.22. The first-order valence-corrected chi connectivity index (χ1v) is 6.48. The van der Waals surface area contributed by atoms with Crippen LogP contribution in [-0.2, 0) is 0 Å². The number of nitrogens with zero attached hydrogens (tertiary/aromatic N) is 2. The molecule has 0 spiro atoms. The first-order chi connectivity index (χ1) is 7.74. The van der Waals surface area contributed by atoms with Gasteiger partial charge in [0.15, 0.2) is 5.13 Å². The van der Waals surface area contributed by atoms with E-state index in [-0.39, 0.29) is 0 Å². The Bertz CT molecular complexity index is 520. The van der Waals surface area contributed by atoms with E-state index in [0.29, 0.717) is 6.04 Å². The van der Waals surface area contributed by atoms with Crippen LogP contribution in [0.25, 0.3) is 10.2 Å². The zero-order valence-electron chi connectivity index (χ0n) is 9.31. The van der Waals surface area contributed by atoms with Crippen LogP contribution in [0, 0.1) is 0 Å². The van der Waals surface area contributed by atoms with E-state index in [9.17, 15) is 0 Å². The van der Waals surface area contributed by atoms with Crippen molar-refractivity contribution < 1.29 is 0 Å². The lowest BCUT2D eigenvalue weighted by molar-refractivity contribution is 0.734. The van der Waals surface area contributed by atoms with Crippen LogP contribution in [-0.4, -0.2) is 17.6 Å². The van der Waals surface area contributed by atoms with Crippen LogP contribution < -0.4 is 10.6 Å². The fraction of sp³-hybridized carbons (Fsp3) is 0.417. The minimum atomic E-state index is 0.623. The van der Waals surface area contributed by atoms with Crippen LogP contribution in [0.2, 0.25) is 0 Å². The average Bonchev–Trinajstić information content (AvgIpc) is 2.82. The Morgan fingerprint density at radius 2 is 2.38 bits per heavy atom. The summed E-state index contributed by atoms with van der Waals surface area (Å²) in [5.74, 6) is 0. The minimum Gasteiger partial charge on any atom is -0.399 e. The normalized spacial score (nSPS) is 20.8. The topological polar surface area (TPSA) is 42.2 Å². The van der Waals surface area contributed by atoms with Gasteiger partial charge < -0.3 is 10.6 Å². The van der Waals surface area contributed by atoms with Crippen LogP contribution in [0.4, 0.5) is 10.8 Å². The van der Waals surface area contributed by atoms with Gasteiger partial charge in [-0.1, -0.05) is 11.3 Å². The van der Waals surface area contributed by atoms with E-state index < -0.39 is 0 Å². The van der Waals surface area contributed by atoms with Gasteiger partial charge in [-0.05, 0) is 38.0 Å². The fourth-order valence-corrected chi connectivity index (χ4v) is 3.41. The summed E-state index contributed by atoms with van der Waals surface area (Å²) in [7, 11) is 0. The van der Waals surface area contributed by atoms with Gasteiger partial charge in [0.05, 0.1) is 10.2 Å². The summed E-state index contributed by atoms with van der Waals surface area (Å²) >= 11 is 1.75. The maximum absolute atomic E-state index is 5.78. The van der Waals surface area contributed by atoms with Crippen molar-refractivity contribution >= 4 is 32.4 Å². The number of nitrogen functional groups attached to an aromatic ring is 1. The molecular formula is C12H15N3S. The van der Waals surface area contributed by atoms with Crippen molar-refractivity contribution in [1.82, 2.24) is 4.98 Å². The van der Waals surface area contributed by atoms with Crippen molar-refractivity contribution in [2.45, 2.75) is 25.8 Å². The SMILES string of the molecule is CC1CCCN1c1nc2ccc(N)cc2s1. The Morgan fingerprint density at radius 1 is 1.50 bits per heavy atom. The van der Waals surface area contributed by atoms with Gasteiger partial charge >= 0.3 is 0 Å². The quantitative estimate of drug-likeness (QED) is 0.770. The molecule has 1 aliphatic heterocycles. The number of nitrogens with two attached hydrogens (primary N) is 1. The number of rotatable bonds is 1. The summed E-state index contributed by atoms with van der Waals surface area (Å²) in [5.41, 5.74) is 7.66. The molecular weight excluding hydrogens is 218 g/mol. The first kappa shape index (κ1) is 9.90. The minimum absolute atomic E-state index is 0.623. The Balaban J connectivity index is 2.04. The lowest BCUT2D eigenvalue weighted by Gasteiger charge is -2.19. The van der Waals surface area contributed by atoms with E-state index in [4.69, 9.17) is 5.73 Å². The van der Waals surface area contributed by atoms with E-state index in [1.165, 1.54) is 17.5 Å². The molecule has 1 aliphatic rings. The second kappa shape index (κ2) is 3.63. The van der Waals surface area contributed by atoms with Crippen LogP contribution in [0.3, 0.4) is 0 Å². The third-order valence-electron chi connectivity index (χ3n) is 3.20. The molecule has 0 amide bonds. The van der Waals surface area contributed by atoms with E-state index in [1.807, 2.05) is 18.2 Å². The van der Waals surface area contributed by atoms with Gasteiger partial charge in [-0.2, -0.15) is 0 Å². The third kappa shape index (κ3) is 1.53. The Morgan fingerprint density at radius 3 is 3.12 bits per heavy atom. The molecule has 2 heterocycles. The highest BCUT2D eigenvalue weighted by atomic mass is 32.1. The van der Waals surface area contributed by atoms with Crippen molar-refractivity contribution in [1.29, 1.82) is 0 Å². The van der Waals surface area contributed by atoms with E-state index >= 15 is 0 Å². The van der Waals surface area contributed by atoms with Crippen LogP contribution in [0.5, 0.6) is 0 Å². The highest BCUT2D eigenvalue weighted by Crippen LogP contribution is 2.33. The molecule has 0 aliphatic carbocycles. The third-order valence-corrected chi connectivity index (χ3v) is 4.26. The summed E-state index contributed by atoms with van der Waals surface area (Å²) in [6, 6.07) is 6.56. The predicted octanol–water partition coefficient (Wildman–Crippen LogP) is 2.87. The Labute approximate surface area is 98.9 Å². The van der Waals surface area contributed by atoms with Crippen LogP contribution in [0.15, 0.2) is 18.2 Å². The van der Waals surface area contributed by atoms with Gasteiger partial charge in [0, 0.05) is 18.3 Å². The molecule has 2 N–H and O–H groups in total. The average molecular weight is 233 g/mol. The molecule has 1 fully saturated rings. The number of hydrogen-bond acceptors (Lipinski definition) is 4.